The third kappa shape index (κ3) is 4.30. The molecule has 1 aromatic rings. The molecule has 20 heavy (non-hydrogen) atoms. The topological polar surface area (TPSA) is 24.5 Å². The fraction of sp³-hybridized carbons (Fsp3) is 0.647. The highest BCUT2D eigenvalue weighted by Gasteiger charge is 2.20. The maximum absolute atomic E-state index is 5.61. The Hall–Kier alpha value is -0.900. The zero-order valence-corrected chi connectivity index (χ0v) is 13.1. The van der Waals surface area contributed by atoms with Gasteiger partial charge >= 0.3 is 0 Å². The van der Waals surface area contributed by atoms with Crippen LogP contribution in [0.5, 0.6) is 0 Å². The molecule has 0 aromatic heterocycles. The van der Waals surface area contributed by atoms with Crippen molar-refractivity contribution >= 4 is 0 Å². The molecule has 0 aliphatic carbocycles. The van der Waals surface area contributed by atoms with E-state index in [1.807, 2.05) is 0 Å². The lowest BCUT2D eigenvalue weighted by atomic mass is 10.0. The second kappa shape index (κ2) is 7.77. The molecule has 2 unspecified atom stereocenters. The van der Waals surface area contributed by atoms with Crippen molar-refractivity contribution in [2.45, 2.75) is 38.8 Å². The van der Waals surface area contributed by atoms with E-state index in [9.17, 15) is 0 Å². The van der Waals surface area contributed by atoms with Crippen LogP contribution in [-0.2, 0) is 11.2 Å². The van der Waals surface area contributed by atoms with Gasteiger partial charge in [-0.15, -0.1) is 0 Å². The van der Waals surface area contributed by atoms with Gasteiger partial charge in [0.1, 0.15) is 0 Å². The SMILES string of the molecule is CCCc1ccc(C(CN2CCOC(C)C2)NC)cc1. The van der Waals surface area contributed by atoms with E-state index in [1.54, 1.807) is 0 Å². The summed E-state index contributed by atoms with van der Waals surface area (Å²) in [6.07, 6.45) is 2.74. The monoisotopic (exact) mass is 276 g/mol. The van der Waals surface area contributed by atoms with Crippen molar-refractivity contribution in [1.82, 2.24) is 10.2 Å². The molecule has 1 aromatic carbocycles. The molecule has 112 valence electrons. The average molecular weight is 276 g/mol. The van der Waals surface area contributed by atoms with Crippen LogP contribution >= 0.6 is 0 Å². The van der Waals surface area contributed by atoms with E-state index in [2.05, 4.69) is 55.4 Å². The molecule has 1 saturated heterocycles. The van der Waals surface area contributed by atoms with Crippen molar-refractivity contribution in [3.05, 3.63) is 35.4 Å². The van der Waals surface area contributed by atoms with Crippen LogP contribution in [0, 0.1) is 0 Å². The van der Waals surface area contributed by atoms with Gasteiger partial charge in [-0.05, 0) is 31.5 Å². The van der Waals surface area contributed by atoms with Crippen molar-refractivity contribution in [3.63, 3.8) is 0 Å². The molecule has 1 aliphatic rings. The molecule has 0 spiro atoms. The Morgan fingerprint density at radius 3 is 2.70 bits per heavy atom. The number of aryl methyl sites for hydroxylation is 1. The zero-order chi connectivity index (χ0) is 14.4. The molecule has 0 bridgehead atoms. The van der Waals surface area contributed by atoms with Gasteiger partial charge in [0.25, 0.3) is 0 Å². The maximum atomic E-state index is 5.61. The fourth-order valence-electron chi connectivity index (χ4n) is 2.88. The summed E-state index contributed by atoms with van der Waals surface area (Å²) < 4.78 is 5.61. The van der Waals surface area contributed by atoms with Gasteiger partial charge in [-0.3, -0.25) is 4.90 Å². The van der Waals surface area contributed by atoms with Crippen molar-refractivity contribution in [1.29, 1.82) is 0 Å². The molecule has 0 radical (unpaired) electrons. The van der Waals surface area contributed by atoms with Crippen LogP contribution in [0.2, 0.25) is 0 Å². The van der Waals surface area contributed by atoms with Gasteiger partial charge in [-0.1, -0.05) is 37.6 Å². The number of morpholine rings is 1. The van der Waals surface area contributed by atoms with Gasteiger partial charge < -0.3 is 10.1 Å². The Bertz CT molecular complexity index is 390. The molecule has 1 aliphatic heterocycles. The summed E-state index contributed by atoms with van der Waals surface area (Å²) in [6.45, 7) is 8.36. The molecule has 3 nitrogen and oxygen atoms in total. The minimum atomic E-state index is 0.355. The van der Waals surface area contributed by atoms with Crippen LogP contribution < -0.4 is 5.32 Å². The number of nitrogens with zero attached hydrogens (tertiary/aromatic N) is 1. The van der Waals surface area contributed by atoms with Crippen LogP contribution in [0.1, 0.15) is 37.4 Å². The number of hydrogen-bond donors (Lipinski definition) is 1. The molecule has 1 N–H and O–H groups in total. The molecule has 0 amide bonds. The third-order valence-electron chi connectivity index (χ3n) is 4.04. The van der Waals surface area contributed by atoms with Crippen LogP contribution in [0.25, 0.3) is 0 Å². The standard InChI is InChI=1S/C17H28N2O/c1-4-5-15-6-8-16(9-7-15)17(18-3)13-19-10-11-20-14(2)12-19/h6-9,14,17-18H,4-5,10-13H2,1-3H3. The number of ether oxygens (including phenoxy) is 1. The number of benzene rings is 1. The third-order valence-corrected chi connectivity index (χ3v) is 4.04. The lowest BCUT2D eigenvalue weighted by Crippen LogP contribution is -2.44. The highest BCUT2D eigenvalue weighted by molar-refractivity contribution is 5.25. The molecule has 0 saturated carbocycles. The quantitative estimate of drug-likeness (QED) is 0.864. The smallest absolute Gasteiger partial charge is 0.0674 e. The van der Waals surface area contributed by atoms with E-state index in [0.717, 1.165) is 26.2 Å². The van der Waals surface area contributed by atoms with E-state index in [1.165, 1.54) is 24.0 Å². The van der Waals surface area contributed by atoms with E-state index in [0.29, 0.717) is 12.1 Å². The van der Waals surface area contributed by atoms with Gasteiger partial charge in [0.2, 0.25) is 0 Å². The lowest BCUT2D eigenvalue weighted by molar-refractivity contribution is -0.0208. The number of rotatable bonds is 6. The van der Waals surface area contributed by atoms with Crippen molar-refractivity contribution < 1.29 is 4.74 Å². The van der Waals surface area contributed by atoms with Crippen LogP contribution in [-0.4, -0.2) is 44.3 Å². The van der Waals surface area contributed by atoms with E-state index in [4.69, 9.17) is 4.74 Å². The van der Waals surface area contributed by atoms with Crippen molar-refractivity contribution in [2.24, 2.45) is 0 Å². The first-order valence-electron chi connectivity index (χ1n) is 7.83. The Morgan fingerprint density at radius 1 is 1.35 bits per heavy atom. The molecular weight excluding hydrogens is 248 g/mol. The van der Waals surface area contributed by atoms with Crippen LogP contribution in [0.15, 0.2) is 24.3 Å². The molecule has 3 heteroatoms. The predicted molar refractivity (Wildman–Crippen MR) is 84.1 cm³/mol. The van der Waals surface area contributed by atoms with Crippen LogP contribution in [0.4, 0.5) is 0 Å². The minimum absolute atomic E-state index is 0.355. The summed E-state index contributed by atoms with van der Waals surface area (Å²) >= 11 is 0. The highest BCUT2D eigenvalue weighted by Crippen LogP contribution is 2.17. The first-order valence-corrected chi connectivity index (χ1v) is 7.83. The number of likely N-dealkylation sites (N-methyl/N-ethyl adjacent to an activating group) is 1. The second-order valence-electron chi connectivity index (χ2n) is 5.77. The van der Waals surface area contributed by atoms with Gasteiger partial charge in [-0.25, -0.2) is 0 Å². The highest BCUT2D eigenvalue weighted by atomic mass is 16.5. The predicted octanol–water partition coefficient (Wildman–Crippen LogP) is 2.62. The molecule has 2 atom stereocenters. The number of nitrogens with one attached hydrogen (secondary N) is 1. The van der Waals surface area contributed by atoms with Gasteiger partial charge in [0.15, 0.2) is 0 Å². The Labute approximate surface area is 123 Å². The Kier molecular flexibility index (Phi) is 6.02. The summed E-state index contributed by atoms with van der Waals surface area (Å²) in [4.78, 5) is 2.50. The summed E-state index contributed by atoms with van der Waals surface area (Å²) in [6, 6.07) is 9.48. The van der Waals surface area contributed by atoms with Crippen LogP contribution in [0.3, 0.4) is 0 Å². The molecular formula is C17H28N2O. The van der Waals surface area contributed by atoms with Gasteiger partial charge in [0, 0.05) is 25.7 Å². The summed E-state index contributed by atoms with van der Waals surface area (Å²) in [5.41, 5.74) is 2.82. The Balaban J connectivity index is 1.96. The summed E-state index contributed by atoms with van der Waals surface area (Å²) in [5, 5.41) is 3.45. The van der Waals surface area contributed by atoms with E-state index >= 15 is 0 Å². The average Bonchev–Trinajstić information content (AvgIpc) is 2.46. The molecule has 2 rings (SSSR count). The maximum Gasteiger partial charge on any atom is 0.0674 e. The van der Waals surface area contributed by atoms with Crippen molar-refractivity contribution in [2.75, 3.05) is 33.3 Å². The largest absolute Gasteiger partial charge is 0.376 e. The molecule has 1 fully saturated rings. The lowest BCUT2D eigenvalue weighted by Gasteiger charge is -2.33. The van der Waals surface area contributed by atoms with E-state index in [-0.39, 0.29) is 0 Å². The minimum Gasteiger partial charge on any atom is -0.376 e. The fourth-order valence-corrected chi connectivity index (χ4v) is 2.88. The number of hydrogen-bond acceptors (Lipinski definition) is 3. The summed E-state index contributed by atoms with van der Waals surface area (Å²) in [7, 11) is 2.05. The Morgan fingerprint density at radius 2 is 2.10 bits per heavy atom. The first-order chi connectivity index (χ1) is 9.72. The molecule has 1 heterocycles. The van der Waals surface area contributed by atoms with E-state index < -0.39 is 0 Å². The van der Waals surface area contributed by atoms with Crippen molar-refractivity contribution in [3.8, 4) is 0 Å². The van der Waals surface area contributed by atoms with Gasteiger partial charge in [0.05, 0.1) is 12.7 Å². The second-order valence-corrected chi connectivity index (χ2v) is 5.77. The first kappa shape index (κ1) is 15.5. The van der Waals surface area contributed by atoms with Gasteiger partial charge in [-0.2, -0.15) is 0 Å². The zero-order valence-electron chi connectivity index (χ0n) is 13.1. The summed E-state index contributed by atoms with van der Waals surface area (Å²) in [5.74, 6) is 0. The normalized spacial score (nSPS) is 21.9.